The summed E-state index contributed by atoms with van der Waals surface area (Å²) in [5.74, 6) is 0.354. The Morgan fingerprint density at radius 2 is 2.19 bits per heavy atom. The second-order valence-corrected chi connectivity index (χ2v) is 8.11. The van der Waals surface area contributed by atoms with Crippen LogP contribution < -0.4 is 5.32 Å². The fraction of sp³-hybridized carbons (Fsp3) is 0.600. The van der Waals surface area contributed by atoms with E-state index >= 15 is 0 Å². The highest BCUT2D eigenvalue weighted by atomic mass is 35.5. The maximum absolute atomic E-state index is 11.7. The van der Waals surface area contributed by atoms with E-state index in [9.17, 15) is 8.42 Å². The first-order valence-electron chi connectivity index (χ1n) is 7.33. The maximum atomic E-state index is 11.7. The number of rotatable bonds is 5. The summed E-state index contributed by atoms with van der Waals surface area (Å²) >= 11 is 5.99. The Bertz CT molecular complexity index is 577. The molecule has 1 aromatic carbocycles. The number of halogens is 1. The van der Waals surface area contributed by atoms with Crippen molar-refractivity contribution in [1.82, 2.24) is 9.62 Å². The van der Waals surface area contributed by atoms with E-state index in [4.69, 9.17) is 11.6 Å². The van der Waals surface area contributed by atoms with Crippen LogP contribution in [0.15, 0.2) is 24.3 Å². The Morgan fingerprint density at radius 1 is 1.43 bits per heavy atom. The molecule has 1 N–H and O–H groups in total. The summed E-state index contributed by atoms with van der Waals surface area (Å²) in [4.78, 5) is 0. The molecule has 0 aliphatic carbocycles. The first-order chi connectivity index (χ1) is 9.90. The normalized spacial score (nSPS) is 24.1. The summed E-state index contributed by atoms with van der Waals surface area (Å²) in [5.41, 5.74) is 1.16. The summed E-state index contributed by atoms with van der Waals surface area (Å²) < 4.78 is 24.9. The zero-order chi connectivity index (χ0) is 15.5. The van der Waals surface area contributed by atoms with Crippen LogP contribution in [0.4, 0.5) is 0 Å². The van der Waals surface area contributed by atoms with Crippen LogP contribution in [-0.2, 0) is 16.6 Å². The molecule has 2 rings (SSSR count). The third-order valence-electron chi connectivity index (χ3n) is 4.15. The number of nitrogens with one attached hydrogen (secondary N) is 1. The molecule has 6 heteroatoms. The Balaban J connectivity index is 1.95. The first kappa shape index (κ1) is 16.7. The molecule has 1 aliphatic rings. The number of nitrogens with zero attached hydrogens (tertiary/aromatic N) is 1. The van der Waals surface area contributed by atoms with Crippen molar-refractivity contribution in [3.8, 4) is 0 Å². The number of hydrogen-bond donors (Lipinski definition) is 1. The van der Waals surface area contributed by atoms with E-state index in [0.29, 0.717) is 25.0 Å². The van der Waals surface area contributed by atoms with Gasteiger partial charge in [0.15, 0.2) is 0 Å². The molecular weight excluding hydrogens is 308 g/mol. The van der Waals surface area contributed by atoms with Crippen molar-refractivity contribution in [3.63, 3.8) is 0 Å². The van der Waals surface area contributed by atoms with E-state index in [-0.39, 0.29) is 0 Å². The zero-order valence-electron chi connectivity index (χ0n) is 12.5. The molecule has 118 valence electrons. The van der Waals surface area contributed by atoms with Gasteiger partial charge in [-0.15, -0.1) is 0 Å². The molecule has 0 aromatic heterocycles. The maximum Gasteiger partial charge on any atom is 0.211 e. The lowest BCUT2D eigenvalue weighted by Gasteiger charge is -2.37. The average molecular weight is 331 g/mol. The second-order valence-electron chi connectivity index (χ2n) is 5.70. The van der Waals surface area contributed by atoms with Crippen LogP contribution in [0.3, 0.4) is 0 Å². The standard InChI is InChI=1S/C15H23ClN2O2S/c1-3-13-11-18(21(2,19)20)8-7-15(13)17-10-12-5-4-6-14(16)9-12/h4-6,9,13,15,17H,3,7-8,10-11H2,1-2H3. The highest BCUT2D eigenvalue weighted by molar-refractivity contribution is 7.88. The topological polar surface area (TPSA) is 49.4 Å². The van der Waals surface area contributed by atoms with Gasteiger partial charge in [0.2, 0.25) is 10.0 Å². The number of hydrogen-bond acceptors (Lipinski definition) is 3. The van der Waals surface area contributed by atoms with E-state index in [1.807, 2.05) is 24.3 Å². The quantitative estimate of drug-likeness (QED) is 0.902. The van der Waals surface area contributed by atoms with Crippen molar-refractivity contribution in [1.29, 1.82) is 0 Å². The molecule has 1 fully saturated rings. The molecular formula is C15H23ClN2O2S. The van der Waals surface area contributed by atoms with Crippen molar-refractivity contribution in [2.75, 3.05) is 19.3 Å². The van der Waals surface area contributed by atoms with Crippen molar-refractivity contribution < 1.29 is 8.42 Å². The third kappa shape index (κ3) is 4.68. The van der Waals surface area contributed by atoms with Crippen molar-refractivity contribution in [2.45, 2.75) is 32.4 Å². The van der Waals surface area contributed by atoms with Crippen molar-refractivity contribution in [3.05, 3.63) is 34.9 Å². The minimum Gasteiger partial charge on any atom is -0.310 e. The van der Waals surface area contributed by atoms with Gasteiger partial charge in [-0.2, -0.15) is 0 Å². The molecule has 0 radical (unpaired) electrons. The van der Waals surface area contributed by atoms with E-state index in [0.717, 1.165) is 30.0 Å². The lowest BCUT2D eigenvalue weighted by molar-refractivity contribution is 0.202. The van der Waals surface area contributed by atoms with Crippen molar-refractivity contribution in [2.24, 2.45) is 5.92 Å². The molecule has 21 heavy (non-hydrogen) atoms. The van der Waals surface area contributed by atoms with Gasteiger partial charge in [-0.05, 0) is 30.0 Å². The van der Waals surface area contributed by atoms with Crippen molar-refractivity contribution >= 4 is 21.6 Å². The molecule has 0 saturated carbocycles. The molecule has 0 spiro atoms. The zero-order valence-corrected chi connectivity index (χ0v) is 14.1. The van der Waals surface area contributed by atoms with Gasteiger partial charge < -0.3 is 5.32 Å². The summed E-state index contributed by atoms with van der Waals surface area (Å²) in [7, 11) is -3.08. The molecule has 1 heterocycles. The van der Waals surface area contributed by atoms with Gasteiger partial charge in [0, 0.05) is 30.7 Å². The third-order valence-corrected chi connectivity index (χ3v) is 5.65. The van der Waals surface area contributed by atoms with Gasteiger partial charge in [-0.1, -0.05) is 37.1 Å². The van der Waals surface area contributed by atoms with Crippen LogP contribution in [0, 0.1) is 5.92 Å². The van der Waals surface area contributed by atoms with E-state index in [1.165, 1.54) is 6.26 Å². The second kappa shape index (κ2) is 7.09. The molecule has 1 saturated heterocycles. The molecule has 0 bridgehead atoms. The largest absolute Gasteiger partial charge is 0.310 e. The van der Waals surface area contributed by atoms with E-state index in [2.05, 4.69) is 12.2 Å². The van der Waals surface area contributed by atoms with Gasteiger partial charge in [0.05, 0.1) is 6.26 Å². The van der Waals surface area contributed by atoms with Gasteiger partial charge in [0.25, 0.3) is 0 Å². The van der Waals surface area contributed by atoms with Gasteiger partial charge in [-0.25, -0.2) is 12.7 Å². The summed E-state index contributed by atoms with van der Waals surface area (Å²) in [5, 5.41) is 4.30. The van der Waals surface area contributed by atoms with Gasteiger partial charge in [-0.3, -0.25) is 0 Å². The predicted molar refractivity (Wildman–Crippen MR) is 86.9 cm³/mol. The molecule has 2 unspecified atom stereocenters. The minimum absolute atomic E-state index is 0.354. The van der Waals surface area contributed by atoms with Gasteiger partial charge in [0.1, 0.15) is 0 Å². The van der Waals surface area contributed by atoms with Crippen LogP contribution in [0.1, 0.15) is 25.3 Å². The Labute approximate surface area is 132 Å². The van der Waals surface area contributed by atoms with Crippen LogP contribution >= 0.6 is 11.6 Å². The highest BCUT2D eigenvalue weighted by Gasteiger charge is 2.31. The van der Waals surface area contributed by atoms with Crippen LogP contribution in [0.25, 0.3) is 0 Å². The minimum atomic E-state index is -3.08. The summed E-state index contributed by atoms with van der Waals surface area (Å²) in [6.45, 7) is 4.09. The smallest absolute Gasteiger partial charge is 0.211 e. The average Bonchev–Trinajstić information content (AvgIpc) is 2.44. The summed E-state index contributed by atoms with van der Waals surface area (Å²) in [6.07, 6.45) is 3.12. The molecule has 1 aromatic rings. The predicted octanol–water partition coefficient (Wildman–Crippen LogP) is 2.49. The van der Waals surface area contributed by atoms with Crippen LogP contribution in [0.2, 0.25) is 5.02 Å². The van der Waals surface area contributed by atoms with E-state index < -0.39 is 10.0 Å². The lowest BCUT2D eigenvalue weighted by atomic mass is 9.91. The highest BCUT2D eigenvalue weighted by Crippen LogP contribution is 2.22. The Kier molecular flexibility index (Phi) is 5.66. The monoisotopic (exact) mass is 330 g/mol. The summed E-state index contributed by atoms with van der Waals surface area (Å²) in [6, 6.07) is 8.17. The van der Waals surface area contributed by atoms with Gasteiger partial charge >= 0.3 is 0 Å². The first-order valence-corrected chi connectivity index (χ1v) is 9.55. The number of benzene rings is 1. The Hall–Kier alpha value is -0.620. The molecule has 0 amide bonds. The SMILES string of the molecule is CCC1CN(S(C)(=O)=O)CCC1NCc1cccc(Cl)c1. The number of sulfonamides is 1. The molecule has 4 nitrogen and oxygen atoms in total. The number of piperidine rings is 1. The fourth-order valence-corrected chi connectivity index (χ4v) is 3.99. The Morgan fingerprint density at radius 3 is 2.81 bits per heavy atom. The van der Waals surface area contributed by atoms with Crippen LogP contribution in [-0.4, -0.2) is 38.1 Å². The lowest BCUT2D eigenvalue weighted by Crippen LogP contribution is -2.50. The van der Waals surface area contributed by atoms with Crippen LogP contribution in [0.5, 0.6) is 0 Å². The van der Waals surface area contributed by atoms with E-state index in [1.54, 1.807) is 4.31 Å². The fourth-order valence-electron chi connectivity index (χ4n) is 2.88. The molecule has 1 aliphatic heterocycles. The molecule has 2 atom stereocenters.